The van der Waals surface area contributed by atoms with Crippen molar-refractivity contribution in [1.29, 1.82) is 0 Å². The fraction of sp³-hybridized carbons (Fsp3) is 0.350. The normalized spacial score (nSPS) is 18.2. The molecule has 0 radical (unpaired) electrons. The minimum Gasteiger partial charge on any atom is -0.340 e. The Morgan fingerprint density at radius 1 is 0.911 bits per heavy atom. The molecular weight excluding hydrogens is 740 g/mol. The summed E-state index contributed by atoms with van der Waals surface area (Å²) < 4.78 is 43.7. The number of piperidine rings is 2. The number of hydrogen-bond acceptors (Lipinski definition) is 11. The predicted octanol–water partition coefficient (Wildman–Crippen LogP) is 5.27. The summed E-state index contributed by atoms with van der Waals surface area (Å²) in [5.41, 5.74) is 2.86. The third-order valence-corrected chi connectivity index (χ3v) is 11.8. The lowest BCUT2D eigenvalue weighted by molar-refractivity contribution is -0.136. The van der Waals surface area contributed by atoms with Gasteiger partial charge in [-0.15, -0.1) is 0 Å². The van der Waals surface area contributed by atoms with Crippen LogP contribution in [0.2, 0.25) is 0 Å². The van der Waals surface area contributed by atoms with Crippen molar-refractivity contribution in [2.24, 2.45) is 0 Å². The third-order valence-electron chi connectivity index (χ3n) is 10.0. The van der Waals surface area contributed by atoms with Crippen LogP contribution in [0.1, 0.15) is 89.8 Å². The molecule has 3 aliphatic heterocycles. The van der Waals surface area contributed by atoms with Crippen LogP contribution in [0, 0.1) is 12.7 Å². The molecule has 16 heteroatoms. The van der Waals surface area contributed by atoms with Crippen LogP contribution >= 0.6 is 0 Å². The van der Waals surface area contributed by atoms with E-state index in [1.54, 1.807) is 51.2 Å². The van der Waals surface area contributed by atoms with Gasteiger partial charge in [-0.3, -0.25) is 34.3 Å². The zero-order valence-corrected chi connectivity index (χ0v) is 32.3. The molecule has 1 aromatic heterocycles. The monoisotopic (exact) mass is 782 g/mol. The van der Waals surface area contributed by atoms with Crippen LogP contribution in [-0.2, 0) is 26.2 Å². The highest BCUT2D eigenvalue weighted by Crippen LogP contribution is 2.33. The zero-order valence-electron chi connectivity index (χ0n) is 31.5. The van der Waals surface area contributed by atoms with Crippen LogP contribution in [0.5, 0.6) is 0 Å². The van der Waals surface area contributed by atoms with Crippen LogP contribution in [0.15, 0.2) is 71.8 Å². The second-order valence-electron chi connectivity index (χ2n) is 15.5. The Hall–Kier alpha value is -5.58. The summed E-state index contributed by atoms with van der Waals surface area (Å²) in [4.78, 5) is 62.4. The number of nitrogens with one attached hydrogen (secondary N) is 4. The van der Waals surface area contributed by atoms with E-state index in [2.05, 4.69) is 47.7 Å². The summed E-state index contributed by atoms with van der Waals surface area (Å²) in [6, 6.07) is 16.3. The number of fused-ring (bicyclic) bond motifs is 1. The molecule has 3 aromatic carbocycles. The van der Waals surface area contributed by atoms with E-state index in [0.29, 0.717) is 35.5 Å². The maximum Gasteiger partial charge on any atom is 0.265 e. The van der Waals surface area contributed by atoms with Gasteiger partial charge in [0, 0.05) is 41.6 Å². The van der Waals surface area contributed by atoms with Gasteiger partial charge in [0.05, 0.1) is 16.0 Å². The van der Waals surface area contributed by atoms with Gasteiger partial charge in [-0.05, 0) is 120 Å². The van der Waals surface area contributed by atoms with E-state index < -0.39 is 51.0 Å². The van der Waals surface area contributed by atoms with E-state index in [-0.39, 0.29) is 28.9 Å². The van der Waals surface area contributed by atoms with E-state index >= 15 is 4.39 Å². The average Bonchev–Trinajstić information content (AvgIpc) is 3.38. The summed E-state index contributed by atoms with van der Waals surface area (Å²) in [7, 11) is -3.72. The fourth-order valence-electron chi connectivity index (χ4n) is 7.31. The minimum atomic E-state index is -3.72. The Morgan fingerprint density at radius 2 is 1.64 bits per heavy atom. The van der Waals surface area contributed by atoms with E-state index in [9.17, 15) is 27.6 Å². The van der Waals surface area contributed by atoms with Crippen molar-refractivity contribution in [1.82, 2.24) is 29.8 Å². The summed E-state index contributed by atoms with van der Waals surface area (Å²) in [5, 5.41) is 8.62. The van der Waals surface area contributed by atoms with Crippen molar-refractivity contribution < 1.29 is 32.0 Å². The van der Waals surface area contributed by atoms with Gasteiger partial charge in [0.25, 0.3) is 11.8 Å². The summed E-state index contributed by atoms with van der Waals surface area (Å²) in [6.45, 7) is 9.10. The second kappa shape index (κ2) is 15.2. The second-order valence-corrected chi connectivity index (χ2v) is 17.2. The smallest absolute Gasteiger partial charge is 0.265 e. The number of aryl methyl sites for hydroxylation is 1. The van der Waals surface area contributed by atoms with Crippen LogP contribution in [0.3, 0.4) is 0 Å². The standard InChI is InChI=1S/C40H43FN8O6S/c1-23-21-42-39(46-35(23)43-28-6-5-7-29(20-28)56(54,55)47-40(2,3)4)44-27-10-8-25(9-11-27)26-14-16-48(17-15-26)22-24-18-30-34(31(41)19-24)38(53)49(37(30)52)32-12-13-33(50)45-36(32)51/h5-11,18-21,26,32,47H,12-17,22H2,1-4H3,(H,45,50,51)(H2,42,43,44,46). The van der Waals surface area contributed by atoms with Crippen LogP contribution in [0.25, 0.3) is 0 Å². The molecule has 0 saturated carbocycles. The number of aromatic nitrogens is 2. The first-order chi connectivity index (χ1) is 26.5. The molecule has 14 nitrogen and oxygen atoms in total. The zero-order chi connectivity index (χ0) is 39.9. The van der Waals surface area contributed by atoms with E-state index in [1.807, 2.05) is 19.1 Å². The third kappa shape index (κ3) is 8.32. The number of rotatable bonds is 10. The first kappa shape index (κ1) is 38.7. The Bertz CT molecular complexity index is 2340. The molecule has 0 aliphatic carbocycles. The molecule has 4 N–H and O–H groups in total. The Kier molecular flexibility index (Phi) is 10.5. The number of nitrogens with zero attached hydrogens (tertiary/aromatic N) is 4. The van der Waals surface area contributed by atoms with Gasteiger partial charge in [0.2, 0.25) is 27.8 Å². The number of anilines is 4. The average molecular weight is 783 g/mol. The SMILES string of the molecule is Cc1cnc(Nc2ccc(C3CCN(Cc4cc(F)c5c(c4)C(=O)N(C4CCC(=O)NC4=O)C5=O)CC3)cc2)nc1Nc1cccc(S(=O)(=O)NC(C)(C)C)c1. The van der Waals surface area contributed by atoms with Gasteiger partial charge in [-0.25, -0.2) is 22.5 Å². The largest absolute Gasteiger partial charge is 0.340 e. The number of likely N-dealkylation sites (tertiary alicyclic amines) is 1. The van der Waals surface area contributed by atoms with Gasteiger partial charge in [0.1, 0.15) is 17.7 Å². The number of hydrogen-bond donors (Lipinski definition) is 4. The topological polar surface area (TPSA) is 183 Å². The van der Waals surface area contributed by atoms with Crippen molar-refractivity contribution in [3.8, 4) is 0 Å². The number of carbonyl (C=O) groups is 4. The number of imide groups is 2. The molecule has 292 valence electrons. The Balaban J connectivity index is 0.945. The number of amides is 4. The molecule has 0 bridgehead atoms. The summed E-state index contributed by atoms with van der Waals surface area (Å²) in [5.74, 6) is -2.39. The molecular formula is C40H43FN8O6S. The predicted molar refractivity (Wildman–Crippen MR) is 207 cm³/mol. The first-order valence-corrected chi connectivity index (χ1v) is 19.9. The molecule has 2 saturated heterocycles. The fourth-order valence-corrected chi connectivity index (χ4v) is 8.78. The number of carbonyl (C=O) groups excluding carboxylic acids is 4. The summed E-state index contributed by atoms with van der Waals surface area (Å²) in [6.07, 6.45) is 3.41. The lowest BCUT2D eigenvalue weighted by Gasteiger charge is -2.32. The lowest BCUT2D eigenvalue weighted by Crippen LogP contribution is -2.54. The highest BCUT2D eigenvalue weighted by molar-refractivity contribution is 7.89. The van der Waals surface area contributed by atoms with Crippen molar-refractivity contribution in [3.63, 3.8) is 0 Å². The van der Waals surface area contributed by atoms with Crippen LogP contribution in [-0.4, -0.2) is 76.5 Å². The van der Waals surface area contributed by atoms with Crippen molar-refractivity contribution in [3.05, 3.63) is 100 Å². The number of halogens is 1. The van der Waals surface area contributed by atoms with E-state index in [0.717, 1.165) is 42.1 Å². The number of sulfonamides is 1. The van der Waals surface area contributed by atoms with Gasteiger partial charge >= 0.3 is 0 Å². The van der Waals surface area contributed by atoms with Crippen molar-refractivity contribution in [2.75, 3.05) is 23.7 Å². The molecule has 4 amide bonds. The molecule has 1 unspecified atom stereocenters. The molecule has 56 heavy (non-hydrogen) atoms. The maximum atomic E-state index is 15.3. The van der Waals surface area contributed by atoms with Crippen molar-refractivity contribution in [2.45, 2.75) is 82.3 Å². The van der Waals surface area contributed by atoms with E-state index in [4.69, 9.17) is 0 Å². The van der Waals surface area contributed by atoms with Gasteiger partial charge in [-0.1, -0.05) is 18.2 Å². The van der Waals surface area contributed by atoms with Crippen molar-refractivity contribution >= 4 is 56.8 Å². The van der Waals surface area contributed by atoms with Crippen LogP contribution in [0.4, 0.5) is 27.5 Å². The van der Waals surface area contributed by atoms with Gasteiger partial charge < -0.3 is 10.6 Å². The molecule has 4 aromatic rings. The molecule has 7 rings (SSSR count). The van der Waals surface area contributed by atoms with Gasteiger partial charge in [-0.2, -0.15) is 4.98 Å². The Morgan fingerprint density at radius 3 is 2.34 bits per heavy atom. The minimum absolute atomic E-state index is 0.00372. The van der Waals surface area contributed by atoms with Gasteiger partial charge in [0.15, 0.2) is 0 Å². The molecule has 0 spiro atoms. The molecule has 3 aliphatic rings. The quantitative estimate of drug-likeness (QED) is 0.154. The molecule has 1 atom stereocenters. The highest BCUT2D eigenvalue weighted by Gasteiger charge is 2.46. The van der Waals surface area contributed by atoms with E-state index in [1.165, 1.54) is 17.7 Å². The highest BCUT2D eigenvalue weighted by atomic mass is 32.2. The Labute approximate surface area is 324 Å². The van der Waals surface area contributed by atoms with Crippen LogP contribution < -0.4 is 20.7 Å². The molecule has 4 heterocycles. The first-order valence-electron chi connectivity index (χ1n) is 18.4. The molecule has 2 fully saturated rings. The number of benzene rings is 3. The lowest BCUT2D eigenvalue weighted by atomic mass is 9.89. The maximum absolute atomic E-state index is 15.3. The summed E-state index contributed by atoms with van der Waals surface area (Å²) >= 11 is 0.